The summed E-state index contributed by atoms with van der Waals surface area (Å²) < 4.78 is 5.53. The molecule has 1 unspecified atom stereocenters. The van der Waals surface area contributed by atoms with Gasteiger partial charge in [0.05, 0.1) is 12.7 Å². The second-order valence-electron chi connectivity index (χ2n) is 6.79. The van der Waals surface area contributed by atoms with Gasteiger partial charge in [0.25, 0.3) is 0 Å². The number of unbranched alkanes of at least 4 members (excludes halogenated alkanes) is 5. The van der Waals surface area contributed by atoms with Crippen molar-refractivity contribution >= 4 is 0 Å². The van der Waals surface area contributed by atoms with E-state index in [1.807, 2.05) is 0 Å². The Kier molecular flexibility index (Phi) is 9.49. The minimum absolute atomic E-state index is 0.362. The summed E-state index contributed by atoms with van der Waals surface area (Å²) in [6.07, 6.45) is 11.4. The third kappa shape index (κ3) is 8.23. The summed E-state index contributed by atoms with van der Waals surface area (Å²) in [5, 5.41) is 13.2. The molecule has 3 heteroatoms. The van der Waals surface area contributed by atoms with Crippen molar-refractivity contribution in [3.05, 3.63) is 0 Å². The zero-order valence-corrected chi connectivity index (χ0v) is 13.6. The predicted octanol–water partition coefficient (Wildman–Crippen LogP) is 3.50. The van der Waals surface area contributed by atoms with E-state index in [0.717, 1.165) is 19.6 Å². The number of rotatable bonds is 13. The standard InChI is InChI=1S/C17H35NO2/c1-3-4-5-6-7-8-12-20-14-16(19)13-18-15-17(2)10-9-11-17/h16,18-19H,3-15H2,1-2H3. The Morgan fingerprint density at radius 1 is 1.15 bits per heavy atom. The first-order valence-corrected chi connectivity index (χ1v) is 8.63. The molecule has 20 heavy (non-hydrogen) atoms. The maximum absolute atomic E-state index is 9.82. The molecule has 0 saturated heterocycles. The molecule has 1 saturated carbocycles. The smallest absolute Gasteiger partial charge is 0.0897 e. The van der Waals surface area contributed by atoms with Crippen LogP contribution in [-0.4, -0.2) is 37.5 Å². The van der Waals surface area contributed by atoms with E-state index in [1.165, 1.54) is 51.4 Å². The first kappa shape index (κ1) is 17.9. The third-order valence-electron chi connectivity index (χ3n) is 4.44. The van der Waals surface area contributed by atoms with E-state index in [4.69, 9.17) is 4.74 Å². The highest BCUT2D eigenvalue weighted by atomic mass is 16.5. The molecule has 1 atom stereocenters. The molecule has 1 rings (SSSR count). The van der Waals surface area contributed by atoms with Crippen molar-refractivity contribution in [1.82, 2.24) is 5.32 Å². The van der Waals surface area contributed by atoms with Crippen molar-refractivity contribution in [1.29, 1.82) is 0 Å². The molecular weight excluding hydrogens is 250 g/mol. The van der Waals surface area contributed by atoms with Crippen LogP contribution in [0.25, 0.3) is 0 Å². The van der Waals surface area contributed by atoms with Gasteiger partial charge in [-0.2, -0.15) is 0 Å². The van der Waals surface area contributed by atoms with Gasteiger partial charge in [0, 0.05) is 19.7 Å². The molecule has 120 valence electrons. The number of nitrogens with one attached hydrogen (secondary N) is 1. The summed E-state index contributed by atoms with van der Waals surface area (Å²) in [6.45, 7) is 7.52. The van der Waals surface area contributed by atoms with Crippen LogP contribution >= 0.6 is 0 Å². The SMILES string of the molecule is CCCCCCCCOCC(O)CNCC1(C)CCC1. The first-order chi connectivity index (χ1) is 9.66. The lowest BCUT2D eigenvalue weighted by Crippen LogP contribution is -2.41. The largest absolute Gasteiger partial charge is 0.389 e. The van der Waals surface area contributed by atoms with Crippen molar-refractivity contribution in [3.8, 4) is 0 Å². The van der Waals surface area contributed by atoms with E-state index in [-0.39, 0.29) is 6.10 Å². The number of hydrogen-bond donors (Lipinski definition) is 2. The van der Waals surface area contributed by atoms with Gasteiger partial charge in [-0.3, -0.25) is 0 Å². The highest BCUT2D eigenvalue weighted by Gasteiger charge is 2.31. The summed E-state index contributed by atoms with van der Waals surface area (Å²) in [4.78, 5) is 0. The molecule has 1 aliphatic rings. The predicted molar refractivity (Wildman–Crippen MR) is 85.0 cm³/mol. The van der Waals surface area contributed by atoms with Gasteiger partial charge < -0.3 is 15.2 Å². The van der Waals surface area contributed by atoms with Crippen LogP contribution in [0.4, 0.5) is 0 Å². The van der Waals surface area contributed by atoms with Crippen LogP contribution in [-0.2, 0) is 4.74 Å². The van der Waals surface area contributed by atoms with Gasteiger partial charge in [0.15, 0.2) is 0 Å². The lowest BCUT2D eigenvalue weighted by atomic mass is 9.70. The average molecular weight is 285 g/mol. The average Bonchev–Trinajstić information content (AvgIpc) is 2.40. The van der Waals surface area contributed by atoms with Crippen molar-refractivity contribution in [2.24, 2.45) is 5.41 Å². The topological polar surface area (TPSA) is 41.5 Å². The Morgan fingerprint density at radius 3 is 2.50 bits per heavy atom. The molecule has 0 aromatic carbocycles. The molecule has 3 nitrogen and oxygen atoms in total. The Morgan fingerprint density at radius 2 is 1.85 bits per heavy atom. The summed E-state index contributed by atoms with van der Waals surface area (Å²) in [7, 11) is 0. The van der Waals surface area contributed by atoms with Gasteiger partial charge in [-0.15, -0.1) is 0 Å². The number of aliphatic hydroxyl groups excluding tert-OH is 1. The molecule has 0 radical (unpaired) electrons. The normalized spacial score (nSPS) is 18.8. The second kappa shape index (κ2) is 10.6. The molecule has 0 bridgehead atoms. The lowest BCUT2D eigenvalue weighted by Gasteiger charge is -2.38. The molecule has 2 N–H and O–H groups in total. The van der Waals surface area contributed by atoms with Crippen LogP contribution in [0, 0.1) is 5.41 Å². The lowest BCUT2D eigenvalue weighted by molar-refractivity contribution is 0.0324. The van der Waals surface area contributed by atoms with Crippen molar-refractivity contribution in [2.45, 2.75) is 77.7 Å². The Balaban J connectivity index is 1.81. The molecule has 0 aliphatic heterocycles. The van der Waals surface area contributed by atoms with Crippen LogP contribution in [0.15, 0.2) is 0 Å². The second-order valence-corrected chi connectivity index (χ2v) is 6.79. The van der Waals surface area contributed by atoms with Crippen LogP contribution in [0.1, 0.15) is 71.6 Å². The quantitative estimate of drug-likeness (QED) is 0.509. The minimum atomic E-state index is -0.362. The molecule has 1 aliphatic carbocycles. The van der Waals surface area contributed by atoms with Gasteiger partial charge >= 0.3 is 0 Å². The summed E-state index contributed by atoms with van der Waals surface area (Å²) >= 11 is 0. The van der Waals surface area contributed by atoms with Gasteiger partial charge in [-0.25, -0.2) is 0 Å². The number of ether oxygens (including phenoxy) is 1. The van der Waals surface area contributed by atoms with E-state index in [9.17, 15) is 5.11 Å². The summed E-state index contributed by atoms with van der Waals surface area (Å²) in [5.41, 5.74) is 0.485. The molecule has 1 fully saturated rings. The zero-order chi connectivity index (χ0) is 14.7. The maximum atomic E-state index is 9.82. The van der Waals surface area contributed by atoms with Crippen molar-refractivity contribution < 1.29 is 9.84 Å². The molecule has 0 heterocycles. The Hall–Kier alpha value is -0.120. The van der Waals surface area contributed by atoms with Crippen LogP contribution in [0.2, 0.25) is 0 Å². The van der Waals surface area contributed by atoms with E-state index in [1.54, 1.807) is 0 Å². The number of hydrogen-bond acceptors (Lipinski definition) is 3. The summed E-state index contributed by atoms with van der Waals surface area (Å²) in [6, 6.07) is 0. The third-order valence-corrected chi connectivity index (χ3v) is 4.44. The fourth-order valence-corrected chi connectivity index (χ4v) is 2.76. The van der Waals surface area contributed by atoms with Crippen LogP contribution in [0.5, 0.6) is 0 Å². The van der Waals surface area contributed by atoms with E-state index < -0.39 is 0 Å². The fraction of sp³-hybridized carbons (Fsp3) is 1.00. The van der Waals surface area contributed by atoms with Gasteiger partial charge in [0.1, 0.15) is 0 Å². The molecule has 0 aromatic rings. The van der Waals surface area contributed by atoms with Crippen LogP contribution < -0.4 is 5.32 Å². The van der Waals surface area contributed by atoms with E-state index in [2.05, 4.69) is 19.2 Å². The van der Waals surface area contributed by atoms with Crippen molar-refractivity contribution in [3.63, 3.8) is 0 Å². The highest BCUT2D eigenvalue weighted by Crippen LogP contribution is 2.39. The van der Waals surface area contributed by atoms with Gasteiger partial charge in [-0.05, 0) is 24.7 Å². The fourth-order valence-electron chi connectivity index (χ4n) is 2.76. The minimum Gasteiger partial charge on any atom is -0.389 e. The van der Waals surface area contributed by atoms with Gasteiger partial charge in [0.2, 0.25) is 0 Å². The molecule has 0 aromatic heterocycles. The van der Waals surface area contributed by atoms with Crippen LogP contribution in [0.3, 0.4) is 0 Å². The van der Waals surface area contributed by atoms with Gasteiger partial charge in [-0.1, -0.05) is 52.4 Å². The Bertz CT molecular complexity index is 229. The molecule has 0 spiro atoms. The van der Waals surface area contributed by atoms with E-state index in [0.29, 0.717) is 18.6 Å². The molecular formula is C17H35NO2. The summed E-state index contributed by atoms with van der Waals surface area (Å²) in [5.74, 6) is 0. The maximum Gasteiger partial charge on any atom is 0.0897 e. The number of aliphatic hydroxyl groups is 1. The van der Waals surface area contributed by atoms with E-state index >= 15 is 0 Å². The highest BCUT2D eigenvalue weighted by molar-refractivity contribution is 4.85. The molecule has 0 amide bonds. The monoisotopic (exact) mass is 285 g/mol. The zero-order valence-electron chi connectivity index (χ0n) is 13.6. The first-order valence-electron chi connectivity index (χ1n) is 8.63. The van der Waals surface area contributed by atoms with Crippen molar-refractivity contribution in [2.75, 3.05) is 26.3 Å². The Labute approximate surface area is 125 Å².